The van der Waals surface area contributed by atoms with Gasteiger partial charge in [-0.2, -0.15) is 0 Å². The molecule has 2 rings (SSSR count). The van der Waals surface area contributed by atoms with Crippen molar-refractivity contribution in [1.82, 2.24) is 5.32 Å². The molecule has 0 saturated carbocycles. The van der Waals surface area contributed by atoms with Crippen molar-refractivity contribution in [2.75, 3.05) is 0 Å². The van der Waals surface area contributed by atoms with Crippen molar-refractivity contribution in [3.8, 4) is 0 Å². The SMILES string of the molecule is CCC[C@H]1C(=O)N[C@](CC)([C@H](C)[C@@H]2C=CCCC2)[C@@]1(C)O. The topological polar surface area (TPSA) is 49.3 Å². The van der Waals surface area contributed by atoms with E-state index in [1.165, 1.54) is 6.42 Å². The van der Waals surface area contributed by atoms with E-state index in [-0.39, 0.29) is 17.7 Å². The molecular weight excluding hydrogens is 262 g/mol. The molecule has 3 heteroatoms. The molecule has 1 heterocycles. The van der Waals surface area contributed by atoms with Gasteiger partial charge in [-0.05, 0) is 50.9 Å². The van der Waals surface area contributed by atoms with Crippen molar-refractivity contribution in [2.45, 2.75) is 77.4 Å². The van der Waals surface area contributed by atoms with Crippen LogP contribution in [0.1, 0.15) is 66.2 Å². The summed E-state index contributed by atoms with van der Waals surface area (Å²) in [5.74, 6) is 0.457. The molecule has 1 aliphatic carbocycles. The first-order chi connectivity index (χ1) is 9.90. The quantitative estimate of drug-likeness (QED) is 0.763. The van der Waals surface area contributed by atoms with Crippen LogP contribution < -0.4 is 5.32 Å². The van der Waals surface area contributed by atoms with Gasteiger partial charge in [0.1, 0.15) is 0 Å². The zero-order chi connectivity index (χ0) is 15.7. The first-order valence-corrected chi connectivity index (χ1v) is 8.61. The highest BCUT2D eigenvalue weighted by Crippen LogP contribution is 2.48. The van der Waals surface area contributed by atoms with Gasteiger partial charge in [0.2, 0.25) is 5.91 Å². The van der Waals surface area contributed by atoms with E-state index in [2.05, 4.69) is 38.2 Å². The molecule has 5 atom stereocenters. The molecule has 0 radical (unpaired) electrons. The minimum absolute atomic E-state index is 0.0374. The van der Waals surface area contributed by atoms with Gasteiger partial charge in [0.15, 0.2) is 0 Å². The molecule has 1 saturated heterocycles. The average molecular weight is 293 g/mol. The molecule has 0 spiro atoms. The predicted molar refractivity (Wildman–Crippen MR) is 85.8 cm³/mol. The molecule has 120 valence electrons. The second-order valence-corrected chi connectivity index (χ2v) is 7.11. The van der Waals surface area contributed by atoms with E-state index in [4.69, 9.17) is 0 Å². The maximum absolute atomic E-state index is 12.5. The molecule has 21 heavy (non-hydrogen) atoms. The molecule has 2 aliphatic rings. The first kappa shape index (κ1) is 16.5. The van der Waals surface area contributed by atoms with Crippen LogP contribution in [0, 0.1) is 17.8 Å². The predicted octanol–water partition coefficient (Wildman–Crippen LogP) is 3.42. The summed E-state index contributed by atoms with van der Waals surface area (Å²) in [5.41, 5.74) is -1.48. The number of amides is 1. The van der Waals surface area contributed by atoms with E-state index >= 15 is 0 Å². The number of nitrogens with one attached hydrogen (secondary N) is 1. The number of allylic oxidation sites excluding steroid dienone is 2. The Morgan fingerprint density at radius 1 is 1.48 bits per heavy atom. The second kappa shape index (κ2) is 6.12. The maximum Gasteiger partial charge on any atom is 0.226 e. The Labute approximate surface area is 129 Å². The monoisotopic (exact) mass is 293 g/mol. The number of rotatable bonds is 5. The van der Waals surface area contributed by atoms with Crippen LogP contribution in [0.15, 0.2) is 12.2 Å². The zero-order valence-electron chi connectivity index (χ0n) is 14.0. The number of carbonyl (C=O) groups excluding carboxylic acids is 1. The Bertz CT molecular complexity index is 415. The largest absolute Gasteiger partial charge is 0.387 e. The molecule has 0 bridgehead atoms. The summed E-state index contributed by atoms with van der Waals surface area (Å²) >= 11 is 0. The number of hydrogen-bond acceptors (Lipinski definition) is 2. The van der Waals surface area contributed by atoms with Gasteiger partial charge < -0.3 is 10.4 Å². The summed E-state index contributed by atoms with van der Waals surface area (Å²) in [6.45, 7) is 8.24. The van der Waals surface area contributed by atoms with Crippen LogP contribution in [0.4, 0.5) is 0 Å². The molecule has 3 nitrogen and oxygen atoms in total. The van der Waals surface area contributed by atoms with Crippen LogP contribution in [-0.4, -0.2) is 22.2 Å². The summed E-state index contributed by atoms with van der Waals surface area (Å²) in [6.07, 6.45) is 10.5. The van der Waals surface area contributed by atoms with Crippen molar-refractivity contribution < 1.29 is 9.90 Å². The summed E-state index contributed by atoms with van der Waals surface area (Å²) in [4.78, 5) is 12.5. The van der Waals surface area contributed by atoms with E-state index in [1.54, 1.807) is 0 Å². The molecule has 0 unspecified atom stereocenters. The van der Waals surface area contributed by atoms with Crippen LogP contribution in [0.25, 0.3) is 0 Å². The van der Waals surface area contributed by atoms with E-state index in [9.17, 15) is 9.90 Å². The standard InChI is InChI=1S/C18H31NO2/c1-5-10-15-16(20)19-18(6-2,17(15,4)21)13(3)14-11-8-7-9-12-14/h8,11,13-15,21H,5-7,9-10,12H2,1-4H3,(H,19,20)/t13-,14-,15+,17+,18-/m1/s1. The van der Waals surface area contributed by atoms with Crippen LogP contribution in [0.3, 0.4) is 0 Å². The molecular formula is C18H31NO2. The highest BCUT2D eigenvalue weighted by molar-refractivity contribution is 5.84. The average Bonchev–Trinajstić information content (AvgIpc) is 2.68. The summed E-state index contributed by atoms with van der Waals surface area (Å²) < 4.78 is 0. The highest BCUT2D eigenvalue weighted by atomic mass is 16.3. The van der Waals surface area contributed by atoms with Gasteiger partial charge in [0.05, 0.1) is 17.1 Å². The third-order valence-corrected chi connectivity index (χ3v) is 6.09. The summed E-state index contributed by atoms with van der Waals surface area (Å²) in [7, 11) is 0. The Kier molecular flexibility index (Phi) is 4.82. The molecule has 0 aromatic rings. The van der Waals surface area contributed by atoms with Crippen molar-refractivity contribution >= 4 is 5.91 Å². The fourth-order valence-corrected chi connectivity index (χ4v) is 4.66. The first-order valence-electron chi connectivity index (χ1n) is 8.61. The fraction of sp³-hybridized carbons (Fsp3) is 0.833. The lowest BCUT2D eigenvalue weighted by Crippen LogP contribution is -2.61. The lowest BCUT2D eigenvalue weighted by molar-refractivity contribution is -0.125. The molecule has 1 aliphatic heterocycles. The Morgan fingerprint density at radius 2 is 2.19 bits per heavy atom. The molecule has 2 N–H and O–H groups in total. The van der Waals surface area contributed by atoms with E-state index in [1.807, 2.05) is 6.92 Å². The van der Waals surface area contributed by atoms with Crippen molar-refractivity contribution in [3.63, 3.8) is 0 Å². The van der Waals surface area contributed by atoms with Crippen molar-refractivity contribution in [1.29, 1.82) is 0 Å². The lowest BCUT2D eigenvalue weighted by Gasteiger charge is -2.47. The van der Waals surface area contributed by atoms with Gasteiger partial charge in [-0.25, -0.2) is 0 Å². The highest BCUT2D eigenvalue weighted by Gasteiger charge is 2.62. The third-order valence-electron chi connectivity index (χ3n) is 6.09. The smallest absolute Gasteiger partial charge is 0.226 e. The maximum atomic E-state index is 12.5. The van der Waals surface area contributed by atoms with Gasteiger partial charge in [0.25, 0.3) is 0 Å². The Morgan fingerprint density at radius 3 is 2.71 bits per heavy atom. The van der Waals surface area contributed by atoms with Crippen LogP contribution in [-0.2, 0) is 4.79 Å². The van der Waals surface area contributed by atoms with E-state index in [0.717, 1.165) is 32.1 Å². The minimum Gasteiger partial charge on any atom is -0.387 e. The lowest BCUT2D eigenvalue weighted by atomic mass is 9.63. The third kappa shape index (κ3) is 2.54. The normalized spacial score (nSPS) is 41.1. The minimum atomic E-state index is -0.973. The van der Waals surface area contributed by atoms with E-state index < -0.39 is 11.1 Å². The number of aliphatic hydroxyl groups is 1. The van der Waals surface area contributed by atoms with Crippen LogP contribution in [0.5, 0.6) is 0 Å². The molecule has 0 aromatic heterocycles. The zero-order valence-corrected chi connectivity index (χ0v) is 14.0. The fourth-order valence-electron chi connectivity index (χ4n) is 4.66. The van der Waals surface area contributed by atoms with Crippen molar-refractivity contribution in [2.24, 2.45) is 17.8 Å². The number of hydrogen-bond donors (Lipinski definition) is 2. The van der Waals surface area contributed by atoms with Crippen LogP contribution in [0.2, 0.25) is 0 Å². The van der Waals surface area contributed by atoms with Gasteiger partial charge >= 0.3 is 0 Å². The summed E-state index contributed by atoms with van der Waals surface area (Å²) in [6, 6.07) is 0. The Hall–Kier alpha value is -0.830. The van der Waals surface area contributed by atoms with Gasteiger partial charge in [0, 0.05) is 0 Å². The van der Waals surface area contributed by atoms with Crippen molar-refractivity contribution in [3.05, 3.63) is 12.2 Å². The molecule has 1 amide bonds. The number of carbonyl (C=O) groups is 1. The second-order valence-electron chi connectivity index (χ2n) is 7.11. The Balaban J connectivity index is 2.33. The molecule has 0 aromatic carbocycles. The van der Waals surface area contributed by atoms with Gasteiger partial charge in [-0.3, -0.25) is 4.79 Å². The van der Waals surface area contributed by atoms with Gasteiger partial charge in [-0.15, -0.1) is 0 Å². The summed E-state index contributed by atoms with van der Waals surface area (Å²) in [5, 5.41) is 14.5. The van der Waals surface area contributed by atoms with E-state index in [0.29, 0.717) is 5.92 Å². The van der Waals surface area contributed by atoms with Gasteiger partial charge in [-0.1, -0.05) is 39.3 Å². The van der Waals surface area contributed by atoms with Crippen LogP contribution >= 0.6 is 0 Å². The molecule has 1 fully saturated rings.